The minimum Gasteiger partial charge on any atom is -0.381 e. The Kier molecular flexibility index (Phi) is 7.00. The van der Waals surface area contributed by atoms with Crippen LogP contribution in [0.15, 0.2) is 48.8 Å². The van der Waals surface area contributed by atoms with E-state index in [4.69, 9.17) is 23.2 Å². The number of amides is 1. The Morgan fingerprint density at radius 3 is 2.65 bits per heavy atom. The molecule has 6 nitrogen and oxygen atoms in total. The highest BCUT2D eigenvalue weighted by atomic mass is 35.5. The Bertz CT molecular complexity index is 944. The number of rotatable bonds is 6. The number of pyridine rings is 1. The molecule has 0 aliphatic carbocycles. The van der Waals surface area contributed by atoms with Crippen LogP contribution in [0, 0.1) is 5.92 Å². The van der Waals surface area contributed by atoms with Crippen molar-refractivity contribution in [3.8, 4) is 0 Å². The molecular formula is C23H27Cl2N5O. The molecule has 2 aliphatic heterocycles. The van der Waals surface area contributed by atoms with E-state index >= 15 is 0 Å². The number of halogens is 2. The number of hydrogen-bond acceptors (Lipinski definition) is 5. The van der Waals surface area contributed by atoms with E-state index in [2.05, 4.69) is 25.4 Å². The summed E-state index contributed by atoms with van der Waals surface area (Å²) in [6, 6.07) is 9.70. The topological polar surface area (TPSA) is 60.5 Å². The normalized spacial score (nSPS) is 21.5. The average Bonchev–Trinajstić information content (AvgIpc) is 3.18. The Morgan fingerprint density at radius 1 is 1.16 bits per heavy atom. The van der Waals surface area contributed by atoms with Crippen molar-refractivity contribution in [3.63, 3.8) is 0 Å². The first-order valence-corrected chi connectivity index (χ1v) is 11.4. The van der Waals surface area contributed by atoms with E-state index in [0.29, 0.717) is 16.6 Å². The molecule has 3 heterocycles. The molecule has 1 fully saturated rings. The molecule has 0 saturated carbocycles. The van der Waals surface area contributed by atoms with Gasteiger partial charge in [-0.1, -0.05) is 29.3 Å². The summed E-state index contributed by atoms with van der Waals surface area (Å²) in [5, 5.41) is 7.71. The van der Waals surface area contributed by atoms with Gasteiger partial charge >= 0.3 is 0 Å². The van der Waals surface area contributed by atoms with Crippen LogP contribution < -0.4 is 15.5 Å². The van der Waals surface area contributed by atoms with Gasteiger partial charge in [0.15, 0.2) is 0 Å². The molecule has 4 rings (SSSR count). The lowest BCUT2D eigenvalue weighted by Crippen LogP contribution is -2.49. The summed E-state index contributed by atoms with van der Waals surface area (Å²) in [7, 11) is 0. The van der Waals surface area contributed by atoms with Crippen molar-refractivity contribution in [2.75, 3.05) is 44.2 Å². The molecule has 2 N–H and O–H groups in total. The van der Waals surface area contributed by atoms with E-state index in [1.165, 1.54) is 0 Å². The number of aromatic nitrogens is 1. The quantitative estimate of drug-likeness (QED) is 0.693. The zero-order valence-corrected chi connectivity index (χ0v) is 19.0. The van der Waals surface area contributed by atoms with Gasteiger partial charge in [-0.15, -0.1) is 0 Å². The molecule has 1 amide bonds. The lowest BCUT2D eigenvalue weighted by Gasteiger charge is -2.36. The fraction of sp³-hybridized carbons (Fsp3) is 0.391. The Balaban J connectivity index is 1.23. The van der Waals surface area contributed by atoms with Crippen LogP contribution in [0.4, 0.5) is 5.69 Å². The van der Waals surface area contributed by atoms with Gasteiger partial charge in [0, 0.05) is 69.0 Å². The molecule has 8 heteroatoms. The lowest BCUT2D eigenvalue weighted by molar-refractivity contribution is -0.124. The lowest BCUT2D eigenvalue weighted by atomic mass is 10.0. The molecule has 0 radical (unpaired) electrons. The maximum atomic E-state index is 12.7. The number of anilines is 1. The van der Waals surface area contributed by atoms with Crippen molar-refractivity contribution >= 4 is 40.5 Å². The van der Waals surface area contributed by atoms with Gasteiger partial charge in [-0.2, -0.15) is 0 Å². The third-order valence-corrected chi connectivity index (χ3v) is 6.74. The predicted molar refractivity (Wildman–Crippen MR) is 126 cm³/mol. The second-order valence-corrected chi connectivity index (χ2v) is 8.75. The summed E-state index contributed by atoms with van der Waals surface area (Å²) < 4.78 is 0. The summed E-state index contributed by atoms with van der Waals surface area (Å²) in [5.41, 5.74) is 3.03. The molecule has 0 bridgehead atoms. The zero-order valence-electron chi connectivity index (χ0n) is 17.5. The fourth-order valence-corrected chi connectivity index (χ4v) is 4.54. The Labute approximate surface area is 193 Å². The molecular weight excluding hydrogens is 433 g/mol. The van der Waals surface area contributed by atoms with Gasteiger partial charge < -0.3 is 15.5 Å². The smallest absolute Gasteiger partial charge is 0.229 e. The number of hydrogen-bond donors (Lipinski definition) is 2. The molecule has 1 aromatic heterocycles. The van der Waals surface area contributed by atoms with E-state index in [9.17, 15) is 4.79 Å². The fourth-order valence-electron chi connectivity index (χ4n) is 4.12. The molecule has 31 heavy (non-hydrogen) atoms. The van der Waals surface area contributed by atoms with Crippen LogP contribution in [-0.2, 0) is 4.79 Å². The van der Waals surface area contributed by atoms with Gasteiger partial charge in [-0.05, 0) is 37.3 Å². The van der Waals surface area contributed by atoms with E-state index in [1.807, 2.05) is 43.3 Å². The van der Waals surface area contributed by atoms with Crippen LogP contribution >= 0.6 is 23.2 Å². The molecule has 2 aliphatic rings. The van der Waals surface area contributed by atoms with Crippen molar-refractivity contribution in [1.82, 2.24) is 20.5 Å². The van der Waals surface area contributed by atoms with Crippen molar-refractivity contribution in [2.24, 2.45) is 5.92 Å². The monoisotopic (exact) mass is 459 g/mol. The molecule has 2 aromatic rings. The first-order chi connectivity index (χ1) is 15.0. The molecule has 164 valence electrons. The number of carbonyl (C=O) groups is 1. The van der Waals surface area contributed by atoms with Gasteiger partial charge in [0.05, 0.1) is 21.7 Å². The molecule has 0 spiro atoms. The molecule has 1 saturated heterocycles. The highest BCUT2D eigenvalue weighted by Crippen LogP contribution is 2.32. The van der Waals surface area contributed by atoms with Gasteiger partial charge in [0.1, 0.15) is 0 Å². The first-order valence-electron chi connectivity index (χ1n) is 10.6. The highest BCUT2D eigenvalue weighted by molar-refractivity contribution is 6.43. The van der Waals surface area contributed by atoms with Crippen molar-refractivity contribution in [3.05, 3.63) is 64.4 Å². The Hall–Kier alpha value is -2.28. The van der Waals surface area contributed by atoms with E-state index in [0.717, 1.165) is 49.7 Å². The third-order valence-electron chi connectivity index (χ3n) is 5.93. The van der Waals surface area contributed by atoms with Gasteiger partial charge in [0.25, 0.3) is 0 Å². The molecule has 2 atom stereocenters. The number of nitrogens with zero attached hydrogens (tertiary/aromatic N) is 3. The number of piperazine rings is 1. The standard InChI is InChI=1S/C23H27Cl2N5O/c1-16-18(15-20(28-16)17-5-7-26-8-6-17)23(31)27-9-10-29-11-13-30(14-12-29)21-4-2-3-19(24)22(21)25/h2-8,15-16,18,28H,9-14H2,1H3,(H,27,31). The second kappa shape index (κ2) is 9.90. The SMILES string of the molecule is CC1NC(c2ccncc2)=CC1C(=O)NCCN1CCN(c2cccc(Cl)c2Cl)CC1. The molecule has 1 aromatic carbocycles. The van der Waals surface area contributed by atoms with Crippen LogP contribution in [0.5, 0.6) is 0 Å². The second-order valence-electron chi connectivity index (χ2n) is 7.97. The number of benzene rings is 1. The van der Waals surface area contributed by atoms with Crippen molar-refractivity contribution in [1.29, 1.82) is 0 Å². The largest absolute Gasteiger partial charge is 0.381 e. The highest BCUT2D eigenvalue weighted by Gasteiger charge is 2.29. The van der Waals surface area contributed by atoms with Crippen LogP contribution in [0.1, 0.15) is 12.5 Å². The van der Waals surface area contributed by atoms with E-state index < -0.39 is 0 Å². The summed E-state index contributed by atoms with van der Waals surface area (Å²) >= 11 is 12.5. The summed E-state index contributed by atoms with van der Waals surface area (Å²) in [6.07, 6.45) is 5.54. The first kappa shape index (κ1) is 21.9. The van der Waals surface area contributed by atoms with Crippen LogP contribution in [-0.4, -0.2) is 61.1 Å². The van der Waals surface area contributed by atoms with Crippen molar-refractivity contribution < 1.29 is 4.79 Å². The number of nitrogens with one attached hydrogen (secondary N) is 2. The van der Waals surface area contributed by atoms with Gasteiger partial charge in [-0.25, -0.2) is 0 Å². The Morgan fingerprint density at radius 2 is 1.90 bits per heavy atom. The minimum atomic E-state index is -0.176. The van der Waals surface area contributed by atoms with E-state index in [1.54, 1.807) is 12.4 Å². The molecule has 2 unspecified atom stereocenters. The third kappa shape index (κ3) is 5.14. The minimum absolute atomic E-state index is 0.0633. The van der Waals surface area contributed by atoms with Gasteiger partial charge in [-0.3, -0.25) is 14.7 Å². The summed E-state index contributed by atoms with van der Waals surface area (Å²) in [5.74, 6) is -0.113. The maximum absolute atomic E-state index is 12.7. The average molecular weight is 460 g/mol. The van der Waals surface area contributed by atoms with E-state index in [-0.39, 0.29) is 17.9 Å². The zero-order chi connectivity index (χ0) is 21.8. The van der Waals surface area contributed by atoms with Crippen LogP contribution in [0.2, 0.25) is 10.0 Å². The van der Waals surface area contributed by atoms with Crippen molar-refractivity contribution in [2.45, 2.75) is 13.0 Å². The maximum Gasteiger partial charge on any atom is 0.229 e. The summed E-state index contributed by atoms with van der Waals surface area (Å²) in [6.45, 7) is 7.12. The van der Waals surface area contributed by atoms with Gasteiger partial charge in [0.2, 0.25) is 5.91 Å². The summed E-state index contributed by atoms with van der Waals surface area (Å²) in [4.78, 5) is 21.4. The predicted octanol–water partition coefficient (Wildman–Crippen LogP) is 3.28. The number of carbonyl (C=O) groups excluding carboxylic acids is 1. The van der Waals surface area contributed by atoms with Crippen LogP contribution in [0.25, 0.3) is 5.70 Å². The van der Waals surface area contributed by atoms with Crippen LogP contribution in [0.3, 0.4) is 0 Å².